The molecule has 1 saturated heterocycles. The van der Waals surface area contributed by atoms with E-state index in [2.05, 4.69) is 0 Å². The Morgan fingerprint density at radius 2 is 1.67 bits per heavy atom. The Balaban J connectivity index is 1.75. The van der Waals surface area contributed by atoms with Crippen LogP contribution in [0, 0.1) is 0 Å². The Morgan fingerprint density at radius 3 is 2.30 bits per heavy atom. The molecule has 6 N–H and O–H groups in total. The highest BCUT2D eigenvalue weighted by atomic mass is 16.7. The largest absolute Gasteiger partial charge is 0.504 e. The lowest BCUT2D eigenvalue weighted by molar-refractivity contribution is -0.277. The van der Waals surface area contributed by atoms with E-state index in [4.69, 9.17) is 18.6 Å². The highest BCUT2D eigenvalue weighted by Crippen LogP contribution is 2.42. The van der Waals surface area contributed by atoms with E-state index in [1.807, 2.05) is 0 Å². The van der Waals surface area contributed by atoms with Gasteiger partial charge in [0.2, 0.25) is 12.0 Å². The van der Waals surface area contributed by atoms with Gasteiger partial charge in [0.05, 0.1) is 13.7 Å². The van der Waals surface area contributed by atoms with E-state index in [1.165, 1.54) is 7.11 Å². The monoisotopic (exact) mass is 462 g/mol. The van der Waals surface area contributed by atoms with Crippen molar-refractivity contribution in [3.8, 4) is 34.3 Å². The molecular formula is C22H22O11. The number of rotatable bonds is 5. The summed E-state index contributed by atoms with van der Waals surface area (Å²) < 4.78 is 21.5. The topological polar surface area (TPSA) is 179 Å². The smallest absolute Gasteiger partial charge is 0.229 e. The fourth-order valence-corrected chi connectivity index (χ4v) is 3.55. The predicted molar refractivity (Wildman–Crippen MR) is 112 cm³/mol. The van der Waals surface area contributed by atoms with Gasteiger partial charge in [-0.3, -0.25) is 4.79 Å². The lowest BCUT2D eigenvalue weighted by atomic mass is 9.99. The third-order valence-corrected chi connectivity index (χ3v) is 5.40. The predicted octanol–water partition coefficient (Wildman–Crippen LogP) is 0.0585. The molecule has 2 aromatic carbocycles. The number of aromatic hydroxyl groups is 2. The number of hydrogen-bond donors (Lipinski definition) is 6. The highest BCUT2D eigenvalue weighted by molar-refractivity contribution is 5.89. The number of ether oxygens (including phenoxy) is 3. The van der Waals surface area contributed by atoms with Gasteiger partial charge in [0, 0.05) is 17.7 Å². The van der Waals surface area contributed by atoms with Crippen LogP contribution in [0.3, 0.4) is 0 Å². The van der Waals surface area contributed by atoms with E-state index in [0.29, 0.717) is 11.3 Å². The maximum atomic E-state index is 12.6. The molecule has 1 unspecified atom stereocenters. The summed E-state index contributed by atoms with van der Waals surface area (Å²) in [5.41, 5.74) is -0.226. The molecule has 0 spiro atoms. The first-order valence-corrected chi connectivity index (χ1v) is 9.89. The third-order valence-electron chi connectivity index (χ3n) is 5.40. The van der Waals surface area contributed by atoms with Crippen molar-refractivity contribution in [2.45, 2.75) is 30.7 Å². The first-order valence-electron chi connectivity index (χ1n) is 9.89. The van der Waals surface area contributed by atoms with E-state index in [0.717, 1.165) is 12.1 Å². The van der Waals surface area contributed by atoms with Crippen molar-refractivity contribution in [3.05, 3.63) is 46.6 Å². The number of aliphatic hydroxyl groups is 4. The first-order chi connectivity index (χ1) is 15.7. The minimum atomic E-state index is -1.75. The zero-order chi connectivity index (χ0) is 23.9. The van der Waals surface area contributed by atoms with Crippen LogP contribution >= 0.6 is 0 Å². The molecule has 0 saturated carbocycles. The number of hydrogen-bond acceptors (Lipinski definition) is 11. The fourth-order valence-electron chi connectivity index (χ4n) is 3.55. The van der Waals surface area contributed by atoms with Crippen LogP contribution < -0.4 is 14.9 Å². The molecule has 0 aliphatic carbocycles. The number of aliphatic hydroxyl groups excluding tert-OH is 4. The number of phenolic OH excluding ortho intramolecular Hbond substituents is 2. The van der Waals surface area contributed by atoms with Crippen molar-refractivity contribution < 1.29 is 49.3 Å². The molecule has 2 heterocycles. The Bertz CT molecular complexity index is 1200. The molecule has 1 aromatic heterocycles. The summed E-state index contributed by atoms with van der Waals surface area (Å²) in [6.07, 6.45) is -7.94. The molecule has 1 aliphatic rings. The van der Waals surface area contributed by atoms with Gasteiger partial charge in [-0.1, -0.05) is 0 Å². The van der Waals surface area contributed by atoms with Gasteiger partial charge in [0.25, 0.3) is 0 Å². The van der Waals surface area contributed by atoms with E-state index in [1.54, 1.807) is 24.3 Å². The Morgan fingerprint density at radius 1 is 0.970 bits per heavy atom. The van der Waals surface area contributed by atoms with Gasteiger partial charge in [-0.2, -0.15) is 0 Å². The normalized spacial score (nSPS) is 25.2. The lowest BCUT2D eigenvalue weighted by Crippen LogP contribution is -2.60. The van der Waals surface area contributed by atoms with Crippen LogP contribution in [0.4, 0.5) is 0 Å². The Hall–Kier alpha value is -3.35. The van der Waals surface area contributed by atoms with E-state index in [-0.39, 0.29) is 16.7 Å². The summed E-state index contributed by atoms with van der Waals surface area (Å²) in [6, 6.07) is 8.92. The quantitative estimate of drug-likeness (QED) is 0.282. The third kappa shape index (κ3) is 4.08. The van der Waals surface area contributed by atoms with E-state index in [9.17, 15) is 35.4 Å². The summed E-state index contributed by atoms with van der Waals surface area (Å²) in [7, 11) is 1.51. The standard InChI is InChI=1S/C22H22O11/c1-30-10-4-2-9(3-5-10)12-6-11(24)16-13(31-12)7-14(17(25)19(16)27)32-22-21(29)20(28)18(26)15(8-23)33-22/h2-7,15,18,20-23,25-29H,8H2,1H3/t15?,18-,20+,21-,22-/m1/s1. The Kier molecular flexibility index (Phi) is 6.15. The molecule has 0 amide bonds. The minimum absolute atomic E-state index is 0.136. The van der Waals surface area contributed by atoms with Crippen molar-refractivity contribution >= 4 is 11.0 Å². The van der Waals surface area contributed by atoms with Crippen LogP contribution in [-0.4, -0.2) is 75.1 Å². The second-order valence-corrected chi connectivity index (χ2v) is 7.46. The van der Waals surface area contributed by atoms with Crippen molar-refractivity contribution in [1.29, 1.82) is 0 Å². The number of phenols is 2. The molecule has 5 atom stereocenters. The average molecular weight is 462 g/mol. The van der Waals surface area contributed by atoms with E-state index >= 15 is 0 Å². The number of benzene rings is 2. The van der Waals surface area contributed by atoms with Crippen molar-refractivity contribution in [2.24, 2.45) is 0 Å². The Labute approximate surface area is 186 Å². The van der Waals surface area contributed by atoms with Crippen LogP contribution in [0.25, 0.3) is 22.3 Å². The number of fused-ring (bicyclic) bond motifs is 1. The van der Waals surface area contributed by atoms with Crippen molar-refractivity contribution in [2.75, 3.05) is 13.7 Å². The number of methoxy groups -OCH3 is 1. The van der Waals surface area contributed by atoms with Gasteiger partial charge in [0.1, 0.15) is 46.9 Å². The van der Waals surface area contributed by atoms with Gasteiger partial charge < -0.3 is 49.3 Å². The zero-order valence-electron chi connectivity index (χ0n) is 17.3. The van der Waals surface area contributed by atoms with Crippen LogP contribution in [0.1, 0.15) is 0 Å². The second kappa shape index (κ2) is 8.89. The SMILES string of the molecule is COc1ccc(-c2cc(=O)c3c(O)c(O)c(O[C@@H]4OC(CO)[C@@H](O)[C@H](O)[C@H]4O)cc3o2)cc1. The molecule has 0 bridgehead atoms. The fraction of sp³-hybridized carbons (Fsp3) is 0.318. The lowest BCUT2D eigenvalue weighted by Gasteiger charge is -2.39. The maximum Gasteiger partial charge on any atom is 0.229 e. The van der Waals surface area contributed by atoms with Gasteiger partial charge >= 0.3 is 0 Å². The summed E-state index contributed by atoms with van der Waals surface area (Å²) >= 11 is 0. The van der Waals surface area contributed by atoms with Gasteiger partial charge in [0.15, 0.2) is 16.9 Å². The van der Waals surface area contributed by atoms with Crippen LogP contribution in [0.5, 0.6) is 23.0 Å². The zero-order valence-corrected chi connectivity index (χ0v) is 17.3. The molecule has 33 heavy (non-hydrogen) atoms. The van der Waals surface area contributed by atoms with Crippen LogP contribution in [0.2, 0.25) is 0 Å². The van der Waals surface area contributed by atoms with Crippen LogP contribution in [0.15, 0.2) is 45.6 Å². The van der Waals surface area contributed by atoms with Crippen LogP contribution in [-0.2, 0) is 4.74 Å². The molecular weight excluding hydrogens is 440 g/mol. The minimum Gasteiger partial charge on any atom is -0.504 e. The van der Waals surface area contributed by atoms with E-state index < -0.39 is 60.0 Å². The summed E-state index contributed by atoms with van der Waals surface area (Å²) in [4.78, 5) is 12.6. The summed E-state index contributed by atoms with van der Waals surface area (Å²) in [5, 5.41) is 59.7. The molecule has 11 nitrogen and oxygen atoms in total. The van der Waals surface area contributed by atoms with Gasteiger partial charge in [-0.25, -0.2) is 0 Å². The average Bonchev–Trinajstić information content (AvgIpc) is 2.82. The van der Waals surface area contributed by atoms with Crippen molar-refractivity contribution in [3.63, 3.8) is 0 Å². The van der Waals surface area contributed by atoms with Crippen molar-refractivity contribution in [1.82, 2.24) is 0 Å². The summed E-state index contributed by atoms with van der Waals surface area (Å²) in [6.45, 7) is -0.681. The highest BCUT2D eigenvalue weighted by Gasteiger charge is 2.45. The molecule has 176 valence electrons. The van der Waals surface area contributed by atoms with Gasteiger partial charge in [-0.15, -0.1) is 0 Å². The maximum absolute atomic E-state index is 12.6. The second-order valence-electron chi connectivity index (χ2n) is 7.46. The molecule has 4 rings (SSSR count). The molecule has 1 aliphatic heterocycles. The molecule has 3 aromatic rings. The molecule has 11 heteroatoms. The van der Waals surface area contributed by atoms with Gasteiger partial charge in [-0.05, 0) is 24.3 Å². The molecule has 0 radical (unpaired) electrons. The summed E-state index contributed by atoms with van der Waals surface area (Å²) in [5.74, 6) is -1.32. The first kappa shape index (κ1) is 22.8. The molecule has 1 fully saturated rings.